The standard InChI is InChI=1S/C16H32N4O3.HI/c1-5-22-16(21)20-10-7-14(8-11-20)19-15(17-4)18-9-6-12-23-13(2)3;/h13-14H,5-12H2,1-4H3,(H2,17,18,19);1H. The van der Waals surface area contributed by atoms with Crippen LogP contribution in [0.2, 0.25) is 0 Å². The molecule has 1 heterocycles. The van der Waals surface area contributed by atoms with Crippen LogP contribution in [0.25, 0.3) is 0 Å². The first-order valence-corrected chi connectivity index (χ1v) is 8.57. The number of guanidine groups is 1. The van der Waals surface area contributed by atoms with Gasteiger partial charge in [0.2, 0.25) is 0 Å². The van der Waals surface area contributed by atoms with Gasteiger partial charge in [-0.3, -0.25) is 4.99 Å². The van der Waals surface area contributed by atoms with E-state index in [1.165, 1.54) is 0 Å². The average molecular weight is 456 g/mol. The lowest BCUT2D eigenvalue weighted by atomic mass is 10.1. The van der Waals surface area contributed by atoms with Crippen LogP contribution >= 0.6 is 24.0 Å². The topological polar surface area (TPSA) is 75.2 Å². The third-order valence-corrected chi connectivity index (χ3v) is 3.65. The van der Waals surface area contributed by atoms with Gasteiger partial charge in [0.1, 0.15) is 0 Å². The molecule has 0 aliphatic carbocycles. The van der Waals surface area contributed by atoms with E-state index in [9.17, 15) is 4.79 Å². The molecule has 1 rings (SSSR count). The molecular weight excluding hydrogens is 423 g/mol. The summed E-state index contributed by atoms with van der Waals surface area (Å²) < 4.78 is 10.5. The van der Waals surface area contributed by atoms with Crippen LogP contribution in [0.1, 0.15) is 40.0 Å². The predicted molar refractivity (Wildman–Crippen MR) is 107 cm³/mol. The summed E-state index contributed by atoms with van der Waals surface area (Å²) >= 11 is 0. The normalized spacial score (nSPS) is 15.9. The van der Waals surface area contributed by atoms with Crippen molar-refractivity contribution in [3.63, 3.8) is 0 Å². The van der Waals surface area contributed by atoms with Crippen LogP contribution in [-0.4, -0.2) is 69.0 Å². The van der Waals surface area contributed by atoms with Crippen molar-refractivity contribution in [1.82, 2.24) is 15.5 Å². The summed E-state index contributed by atoms with van der Waals surface area (Å²) in [6.45, 7) is 9.34. The zero-order valence-electron chi connectivity index (χ0n) is 15.3. The van der Waals surface area contributed by atoms with Crippen molar-refractivity contribution in [1.29, 1.82) is 0 Å². The quantitative estimate of drug-likeness (QED) is 0.266. The molecule has 1 fully saturated rings. The minimum absolute atomic E-state index is 0. The van der Waals surface area contributed by atoms with Crippen LogP contribution < -0.4 is 10.6 Å². The van der Waals surface area contributed by atoms with E-state index in [4.69, 9.17) is 9.47 Å². The zero-order valence-corrected chi connectivity index (χ0v) is 17.7. The number of hydrogen-bond acceptors (Lipinski definition) is 4. The van der Waals surface area contributed by atoms with Gasteiger partial charge in [-0.25, -0.2) is 4.79 Å². The first-order chi connectivity index (χ1) is 11.1. The summed E-state index contributed by atoms with van der Waals surface area (Å²) in [6, 6.07) is 0.332. The van der Waals surface area contributed by atoms with Crippen LogP contribution in [0.5, 0.6) is 0 Å². The van der Waals surface area contributed by atoms with E-state index in [1.807, 2.05) is 20.8 Å². The van der Waals surface area contributed by atoms with Crippen molar-refractivity contribution >= 4 is 36.0 Å². The number of aliphatic imine (C=N–C) groups is 1. The first-order valence-electron chi connectivity index (χ1n) is 8.57. The number of piperidine rings is 1. The number of amides is 1. The number of likely N-dealkylation sites (tertiary alicyclic amines) is 1. The van der Waals surface area contributed by atoms with Gasteiger partial charge in [-0.1, -0.05) is 0 Å². The van der Waals surface area contributed by atoms with Crippen molar-refractivity contribution in [3.05, 3.63) is 0 Å². The monoisotopic (exact) mass is 456 g/mol. The highest BCUT2D eigenvalue weighted by molar-refractivity contribution is 14.0. The highest BCUT2D eigenvalue weighted by Crippen LogP contribution is 2.11. The Bertz CT molecular complexity index is 372. The molecule has 0 unspecified atom stereocenters. The molecule has 1 amide bonds. The Labute approximate surface area is 162 Å². The maximum absolute atomic E-state index is 11.7. The third kappa shape index (κ3) is 9.51. The van der Waals surface area contributed by atoms with Gasteiger partial charge >= 0.3 is 6.09 Å². The molecule has 0 bridgehead atoms. The minimum atomic E-state index is -0.210. The molecule has 0 radical (unpaired) electrons. The highest BCUT2D eigenvalue weighted by Gasteiger charge is 2.23. The maximum Gasteiger partial charge on any atom is 0.409 e. The van der Waals surface area contributed by atoms with E-state index < -0.39 is 0 Å². The molecule has 1 aliphatic rings. The Morgan fingerprint density at radius 3 is 2.54 bits per heavy atom. The number of ether oxygens (including phenoxy) is 2. The summed E-state index contributed by atoms with van der Waals surface area (Å²) in [5, 5.41) is 6.71. The van der Waals surface area contributed by atoms with Gasteiger partial charge in [0, 0.05) is 39.3 Å². The van der Waals surface area contributed by atoms with Crippen LogP contribution in [0, 0.1) is 0 Å². The van der Waals surface area contributed by atoms with Crippen molar-refractivity contribution in [2.75, 3.05) is 39.9 Å². The largest absolute Gasteiger partial charge is 0.450 e. The number of halogens is 1. The number of nitrogens with one attached hydrogen (secondary N) is 2. The van der Waals surface area contributed by atoms with Gasteiger partial charge < -0.3 is 25.0 Å². The summed E-state index contributed by atoms with van der Waals surface area (Å²) in [7, 11) is 1.77. The average Bonchev–Trinajstić information content (AvgIpc) is 2.54. The Morgan fingerprint density at radius 1 is 1.33 bits per heavy atom. The second-order valence-corrected chi connectivity index (χ2v) is 5.88. The number of hydrogen-bond donors (Lipinski definition) is 2. The molecule has 24 heavy (non-hydrogen) atoms. The second-order valence-electron chi connectivity index (χ2n) is 5.88. The summed E-state index contributed by atoms with van der Waals surface area (Å²) in [4.78, 5) is 17.7. The smallest absolute Gasteiger partial charge is 0.409 e. The number of rotatable bonds is 7. The fourth-order valence-corrected chi connectivity index (χ4v) is 2.41. The van der Waals surface area contributed by atoms with Crippen LogP contribution in [0.15, 0.2) is 4.99 Å². The van der Waals surface area contributed by atoms with Gasteiger partial charge in [-0.2, -0.15) is 0 Å². The van der Waals surface area contributed by atoms with Gasteiger partial charge in [0.15, 0.2) is 5.96 Å². The van der Waals surface area contributed by atoms with E-state index >= 15 is 0 Å². The molecular formula is C16H33IN4O3. The molecule has 142 valence electrons. The molecule has 0 spiro atoms. The SMILES string of the molecule is CCOC(=O)N1CCC(NC(=NC)NCCCOC(C)C)CC1.I. The fraction of sp³-hybridized carbons (Fsp3) is 0.875. The second kappa shape index (κ2) is 13.5. The number of carbonyl (C=O) groups excluding carboxylic acids is 1. The van der Waals surface area contributed by atoms with Crippen LogP contribution in [0.4, 0.5) is 4.79 Å². The highest BCUT2D eigenvalue weighted by atomic mass is 127. The first kappa shape index (κ1) is 23.2. The summed E-state index contributed by atoms with van der Waals surface area (Å²) in [5.41, 5.74) is 0. The van der Waals surface area contributed by atoms with E-state index in [2.05, 4.69) is 15.6 Å². The maximum atomic E-state index is 11.7. The van der Waals surface area contributed by atoms with Crippen molar-refractivity contribution in [2.45, 2.75) is 52.2 Å². The molecule has 2 N–H and O–H groups in total. The zero-order chi connectivity index (χ0) is 17.1. The summed E-state index contributed by atoms with van der Waals surface area (Å²) in [5.74, 6) is 0.809. The molecule has 0 aromatic heterocycles. The van der Waals surface area contributed by atoms with Crippen LogP contribution in [0.3, 0.4) is 0 Å². The Morgan fingerprint density at radius 2 is 2.00 bits per heavy atom. The molecule has 8 heteroatoms. The van der Waals surface area contributed by atoms with Crippen molar-refractivity contribution in [3.8, 4) is 0 Å². The molecule has 1 saturated heterocycles. The number of carbonyl (C=O) groups is 1. The van der Waals surface area contributed by atoms with E-state index in [0.717, 1.165) is 51.5 Å². The molecule has 0 atom stereocenters. The van der Waals surface area contributed by atoms with Crippen molar-refractivity contribution < 1.29 is 14.3 Å². The van der Waals surface area contributed by atoms with E-state index in [1.54, 1.807) is 11.9 Å². The molecule has 0 saturated carbocycles. The van der Waals surface area contributed by atoms with Gasteiger partial charge in [-0.05, 0) is 40.0 Å². The number of nitrogens with zero attached hydrogens (tertiary/aromatic N) is 2. The lowest BCUT2D eigenvalue weighted by Gasteiger charge is -2.32. The summed E-state index contributed by atoms with van der Waals surface area (Å²) in [6.07, 6.45) is 2.81. The van der Waals surface area contributed by atoms with E-state index in [-0.39, 0.29) is 36.2 Å². The molecule has 0 aromatic carbocycles. The molecule has 1 aliphatic heterocycles. The lowest BCUT2D eigenvalue weighted by molar-refractivity contribution is 0.0776. The van der Waals surface area contributed by atoms with Crippen molar-refractivity contribution in [2.24, 2.45) is 4.99 Å². The lowest BCUT2D eigenvalue weighted by Crippen LogP contribution is -2.50. The molecule has 7 nitrogen and oxygen atoms in total. The minimum Gasteiger partial charge on any atom is -0.450 e. The fourth-order valence-electron chi connectivity index (χ4n) is 2.41. The van der Waals surface area contributed by atoms with Gasteiger partial charge in [-0.15, -0.1) is 24.0 Å². The van der Waals surface area contributed by atoms with Gasteiger partial charge in [0.05, 0.1) is 12.7 Å². The Kier molecular flexibility index (Phi) is 13.1. The van der Waals surface area contributed by atoms with Crippen LogP contribution in [-0.2, 0) is 9.47 Å². The Balaban J connectivity index is 0.00000529. The Hall–Kier alpha value is -0.770. The van der Waals surface area contributed by atoms with Gasteiger partial charge in [0.25, 0.3) is 0 Å². The third-order valence-electron chi connectivity index (χ3n) is 3.65. The molecule has 0 aromatic rings. The predicted octanol–water partition coefficient (Wildman–Crippen LogP) is 2.21. The van der Waals surface area contributed by atoms with E-state index in [0.29, 0.717) is 12.6 Å².